The lowest BCUT2D eigenvalue weighted by molar-refractivity contribution is 0.151. The first-order valence-electron chi connectivity index (χ1n) is 13.3. The fourth-order valence-electron chi connectivity index (χ4n) is 5.70. The lowest BCUT2D eigenvalue weighted by Gasteiger charge is -2.33. The molecular weight excluding hydrogens is 484 g/mol. The highest BCUT2D eigenvalue weighted by molar-refractivity contribution is 6.11. The predicted molar refractivity (Wildman–Crippen MR) is 152 cm³/mol. The maximum absolute atomic E-state index is 14.6. The monoisotopic (exact) mass is 519 g/mol. The number of hydrogen-bond acceptors (Lipinski definition) is 5. The maximum atomic E-state index is 14.6. The number of aryl methyl sites for hydroxylation is 3. The number of pyridine rings is 1. The number of hydrogen-bond donors (Lipinski definition) is 2. The smallest absolute Gasteiger partial charge is 0.264 e. The van der Waals surface area contributed by atoms with Crippen molar-refractivity contribution < 1.29 is 8.78 Å². The molecule has 0 bridgehead atoms. The number of anilines is 2. The number of piperidine rings is 1. The van der Waals surface area contributed by atoms with E-state index in [4.69, 9.17) is 10.7 Å². The molecule has 2 aliphatic heterocycles. The molecule has 2 aliphatic rings. The lowest BCUT2D eigenvalue weighted by Crippen LogP contribution is -2.29. The van der Waals surface area contributed by atoms with Crippen LogP contribution in [0.1, 0.15) is 54.9 Å². The van der Waals surface area contributed by atoms with Gasteiger partial charge in [0.25, 0.3) is 12.0 Å². The normalized spacial score (nSPS) is 17.4. The highest BCUT2D eigenvalue weighted by atomic mass is 19.3. The van der Waals surface area contributed by atoms with Crippen LogP contribution in [0.25, 0.3) is 16.5 Å². The van der Waals surface area contributed by atoms with Crippen molar-refractivity contribution in [3.63, 3.8) is 0 Å². The number of aliphatic imine (C=N–C) groups is 1. The van der Waals surface area contributed by atoms with Crippen LogP contribution in [0.15, 0.2) is 51.9 Å². The number of nitrogens with one attached hydrogen (secondary N) is 1. The average molecular weight is 520 g/mol. The molecule has 0 atom stereocenters. The minimum absolute atomic E-state index is 0.0408. The molecule has 200 valence electrons. The van der Waals surface area contributed by atoms with E-state index in [-0.39, 0.29) is 17.2 Å². The van der Waals surface area contributed by atoms with Crippen LogP contribution in [0.3, 0.4) is 0 Å². The van der Waals surface area contributed by atoms with Gasteiger partial charge in [0.2, 0.25) is 0 Å². The van der Waals surface area contributed by atoms with Gasteiger partial charge in [0.05, 0.1) is 17.2 Å². The Hall–Kier alpha value is -3.52. The van der Waals surface area contributed by atoms with Crippen molar-refractivity contribution in [3.05, 3.63) is 74.7 Å². The van der Waals surface area contributed by atoms with Crippen LogP contribution < -0.4 is 21.5 Å². The minimum atomic E-state index is -2.67. The van der Waals surface area contributed by atoms with Crippen LogP contribution in [0.2, 0.25) is 0 Å². The van der Waals surface area contributed by atoms with Crippen LogP contribution in [0, 0.1) is 6.92 Å². The molecule has 1 fully saturated rings. The molecule has 1 aromatic heterocycles. The van der Waals surface area contributed by atoms with E-state index in [0.29, 0.717) is 28.9 Å². The Labute approximate surface area is 221 Å². The number of nitrogens with zero attached hydrogens (tertiary/aromatic N) is 3. The van der Waals surface area contributed by atoms with Gasteiger partial charge in [-0.25, -0.2) is 8.78 Å². The van der Waals surface area contributed by atoms with Crippen molar-refractivity contribution in [2.45, 2.75) is 52.0 Å². The number of benzene rings is 2. The fraction of sp³-hybridized carbons (Fsp3) is 0.400. The molecule has 3 heterocycles. The van der Waals surface area contributed by atoms with Crippen molar-refractivity contribution in [1.82, 2.24) is 9.88 Å². The van der Waals surface area contributed by atoms with Crippen molar-refractivity contribution in [2.24, 2.45) is 17.8 Å². The number of nitrogens with two attached hydrogens (primary N) is 1. The Morgan fingerprint density at radius 1 is 1.18 bits per heavy atom. The second-order valence-corrected chi connectivity index (χ2v) is 10.4. The first kappa shape index (κ1) is 26.1. The van der Waals surface area contributed by atoms with Gasteiger partial charge in [0.15, 0.2) is 0 Å². The number of fused-ring (bicyclic) bond motifs is 2. The van der Waals surface area contributed by atoms with Gasteiger partial charge in [0.1, 0.15) is 0 Å². The first-order chi connectivity index (χ1) is 18.3. The second-order valence-electron chi connectivity index (χ2n) is 10.4. The molecule has 0 amide bonds. The topological polar surface area (TPSA) is 75.7 Å². The summed E-state index contributed by atoms with van der Waals surface area (Å²) in [6.45, 7) is 6.06. The van der Waals surface area contributed by atoms with Crippen LogP contribution in [-0.2, 0) is 13.5 Å². The number of alkyl halides is 2. The van der Waals surface area contributed by atoms with E-state index in [9.17, 15) is 13.6 Å². The maximum Gasteiger partial charge on any atom is 0.264 e. The quantitative estimate of drug-likeness (QED) is 0.444. The van der Waals surface area contributed by atoms with Gasteiger partial charge >= 0.3 is 0 Å². The van der Waals surface area contributed by atoms with Gasteiger partial charge in [-0.2, -0.15) is 0 Å². The van der Waals surface area contributed by atoms with E-state index in [1.165, 1.54) is 0 Å². The molecule has 3 aromatic rings. The van der Waals surface area contributed by atoms with E-state index in [0.717, 1.165) is 66.6 Å². The molecule has 0 aliphatic carbocycles. The summed E-state index contributed by atoms with van der Waals surface area (Å²) in [4.78, 5) is 19.4. The van der Waals surface area contributed by atoms with E-state index in [2.05, 4.69) is 10.2 Å². The summed E-state index contributed by atoms with van der Waals surface area (Å²) in [6.07, 6.45) is 2.54. The summed E-state index contributed by atoms with van der Waals surface area (Å²) in [5, 5.41) is 4.25. The van der Waals surface area contributed by atoms with Gasteiger partial charge in [-0.1, -0.05) is 6.07 Å². The van der Waals surface area contributed by atoms with E-state index in [1.807, 2.05) is 30.3 Å². The Morgan fingerprint density at radius 2 is 1.95 bits per heavy atom. The molecule has 1 saturated heterocycles. The van der Waals surface area contributed by atoms with Gasteiger partial charge < -0.3 is 20.5 Å². The van der Waals surface area contributed by atoms with Crippen LogP contribution >= 0.6 is 0 Å². The zero-order valence-corrected chi connectivity index (χ0v) is 22.2. The zero-order chi connectivity index (χ0) is 27.0. The average Bonchev–Trinajstić information content (AvgIpc) is 2.91. The Kier molecular flexibility index (Phi) is 7.34. The second kappa shape index (κ2) is 10.7. The zero-order valence-electron chi connectivity index (χ0n) is 22.2. The molecule has 6 nitrogen and oxygen atoms in total. The van der Waals surface area contributed by atoms with E-state index < -0.39 is 6.43 Å². The predicted octanol–water partition coefficient (Wildman–Crippen LogP) is 5.38. The molecule has 0 radical (unpaired) electrons. The van der Waals surface area contributed by atoms with E-state index >= 15 is 0 Å². The summed E-state index contributed by atoms with van der Waals surface area (Å²) in [7, 11) is 1.77. The van der Waals surface area contributed by atoms with Gasteiger partial charge in [0, 0.05) is 53.3 Å². The number of allylic oxidation sites excluding steroid dienone is 2. The van der Waals surface area contributed by atoms with Crippen LogP contribution in [0.4, 0.5) is 20.2 Å². The number of halogens is 2. The molecule has 8 heteroatoms. The SMILES string of the molecule is C/C(N)=C(/C=NC1CCNCC1)c1cc2c(cc1C(F)F)N(c1cccc3c1cc(C)c(=O)n3C)CCC2. The van der Waals surface area contributed by atoms with Crippen LogP contribution in [-0.4, -0.2) is 36.5 Å². The summed E-state index contributed by atoms with van der Waals surface area (Å²) in [6, 6.07) is 11.4. The molecule has 0 saturated carbocycles. The van der Waals surface area contributed by atoms with Crippen molar-refractivity contribution in [3.8, 4) is 0 Å². The molecule has 38 heavy (non-hydrogen) atoms. The highest BCUT2D eigenvalue weighted by Gasteiger charge is 2.26. The highest BCUT2D eigenvalue weighted by Crippen LogP contribution is 2.41. The Balaban J connectivity index is 1.63. The van der Waals surface area contributed by atoms with Crippen LogP contribution in [0.5, 0.6) is 0 Å². The Morgan fingerprint density at radius 3 is 2.66 bits per heavy atom. The summed E-state index contributed by atoms with van der Waals surface area (Å²) >= 11 is 0. The number of aromatic nitrogens is 1. The third-order valence-corrected chi connectivity index (χ3v) is 7.76. The van der Waals surface area contributed by atoms with Crippen molar-refractivity contribution in [2.75, 3.05) is 24.5 Å². The van der Waals surface area contributed by atoms with Crippen molar-refractivity contribution >= 4 is 34.1 Å². The standard InChI is InChI=1S/C30H35F2N5O/c1-18-14-24-26(36(3)30(18)38)7-4-8-27(24)37-13-5-6-20-15-22(23(29(31)32)16-28(20)37)25(19(2)33)17-35-21-9-11-34-12-10-21/h4,7-8,14-17,21,29,34H,5-6,9-13,33H2,1-3H3/b25-19+,35-17?. The molecule has 3 N–H and O–H groups in total. The molecule has 2 aromatic carbocycles. The third-order valence-electron chi connectivity index (χ3n) is 7.76. The van der Waals surface area contributed by atoms with Crippen molar-refractivity contribution in [1.29, 1.82) is 0 Å². The van der Waals surface area contributed by atoms with E-state index in [1.54, 1.807) is 37.7 Å². The minimum Gasteiger partial charge on any atom is -0.402 e. The molecular formula is C30H35F2N5O. The fourth-order valence-corrected chi connectivity index (χ4v) is 5.70. The summed E-state index contributed by atoms with van der Waals surface area (Å²) in [5.74, 6) is 0. The third kappa shape index (κ3) is 4.85. The van der Waals surface area contributed by atoms with Gasteiger partial charge in [-0.15, -0.1) is 0 Å². The van der Waals surface area contributed by atoms with Gasteiger partial charge in [-0.05, 0) is 94.1 Å². The molecule has 0 unspecified atom stereocenters. The number of rotatable bonds is 5. The summed E-state index contributed by atoms with van der Waals surface area (Å²) < 4.78 is 30.8. The van der Waals surface area contributed by atoms with Gasteiger partial charge in [-0.3, -0.25) is 9.79 Å². The molecule has 0 spiro atoms. The molecule has 5 rings (SSSR count). The lowest BCUT2D eigenvalue weighted by atomic mass is 9.91. The Bertz CT molecular complexity index is 1480. The first-order valence-corrected chi connectivity index (χ1v) is 13.3. The summed E-state index contributed by atoms with van der Waals surface area (Å²) in [5.41, 5.74) is 11.8. The largest absolute Gasteiger partial charge is 0.402 e.